The predicted octanol–water partition coefficient (Wildman–Crippen LogP) is 19.9. The number of carbonyl (C=O) groups is 3. The Balaban J connectivity index is 4.22. The maximum absolute atomic E-state index is 12.9. The Kier molecular flexibility index (Phi) is 51.0. The Morgan fingerprint density at radius 1 is 0.299 bits per heavy atom. The molecular weight excluding hydrogens is 829 g/mol. The number of esters is 3. The molecule has 398 valence electrons. The molecule has 0 radical (unpaired) electrons. The molecule has 0 aliphatic rings. The summed E-state index contributed by atoms with van der Waals surface area (Å²) in [6.45, 7) is 13.8. The molecule has 0 saturated carbocycles. The van der Waals surface area contributed by atoms with Gasteiger partial charge in [0.15, 0.2) is 6.10 Å². The molecule has 0 fully saturated rings. The van der Waals surface area contributed by atoms with E-state index in [-0.39, 0.29) is 31.1 Å². The molecular formula is C61H118O6. The first kappa shape index (κ1) is 65.4. The van der Waals surface area contributed by atoms with Crippen LogP contribution in [0.25, 0.3) is 0 Å². The third-order valence-electron chi connectivity index (χ3n) is 14.6. The van der Waals surface area contributed by atoms with Crippen molar-refractivity contribution in [2.24, 2.45) is 17.8 Å². The van der Waals surface area contributed by atoms with Crippen molar-refractivity contribution in [1.82, 2.24) is 0 Å². The van der Waals surface area contributed by atoms with Gasteiger partial charge in [0.25, 0.3) is 0 Å². The van der Waals surface area contributed by atoms with Crippen molar-refractivity contribution in [3.05, 3.63) is 0 Å². The number of rotatable bonds is 54. The van der Waals surface area contributed by atoms with Gasteiger partial charge in [-0.3, -0.25) is 14.4 Å². The molecule has 0 aliphatic heterocycles. The van der Waals surface area contributed by atoms with E-state index >= 15 is 0 Å². The first-order valence-corrected chi connectivity index (χ1v) is 30.2. The largest absolute Gasteiger partial charge is 0.462 e. The molecule has 0 rings (SSSR count). The van der Waals surface area contributed by atoms with Crippen LogP contribution in [0.1, 0.15) is 337 Å². The average molecular weight is 948 g/mol. The Morgan fingerprint density at radius 3 is 0.776 bits per heavy atom. The molecule has 0 aliphatic carbocycles. The summed E-state index contributed by atoms with van der Waals surface area (Å²) in [5.74, 6) is 1.72. The van der Waals surface area contributed by atoms with Crippen LogP contribution in [0.5, 0.6) is 0 Å². The average Bonchev–Trinajstić information content (AvgIpc) is 3.31. The Bertz CT molecular complexity index is 1040. The normalized spacial score (nSPS) is 12.9. The van der Waals surface area contributed by atoms with Gasteiger partial charge in [-0.25, -0.2) is 0 Å². The molecule has 0 aromatic carbocycles. The summed E-state index contributed by atoms with van der Waals surface area (Å²) in [6.07, 6.45) is 55.3. The highest BCUT2D eigenvalue weighted by Crippen LogP contribution is 2.19. The maximum Gasteiger partial charge on any atom is 0.306 e. The van der Waals surface area contributed by atoms with Crippen LogP contribution in [-0.2, 0) is 28.6 Å². The minimum Gasteiger partial charge on any atom is -0.462 e. The third-order valence-corrected chi connectivity index (χ3v) is 14.6. The second kappa shape index (κ2) is 52.2. The van der Waals surface area contributed by atoms with Crippen LogP contribution < -0.4 is 0 Å². The molecule has 0 amide bonds. The topological polar surface area (TPSA) is 78.9 Å². The molecule has 6 heteroatoms. The Hall–Kier alpha value is -1.59. The smallest absolute Gasteiger partial charge is 0.306 e. The maximum atomic E-state index is 12.9. The fraction of sp³-hybridized carbons (Fsp3) is 0.951. The summed E-state index contributed by atoms with van der Waals surface area (Å²) >= 11 is 0. The summed E-state index contributed by atoms with van der Waals surface area (Å²) in [5.41, 5.74) is 0. The zero-order chi connectivity index (χ0) is 49.1. The number of carbonyl (C=O) groups excluding carboxylic acids is 3. The van der Waals surface area contributed by atoms with Crippen LogP contribution >= 0.6 is 0 Å². The zero-order valence-electron chi connectivity index (χ0n) is 46.2. The summed E-state index contributed by atoms with van der Waals surface area (Å²) < 4.78 is 16.9. The zero-order valence-corrected chi connectivity index (χ0v) is 46.2. The lowest BCUT2D eigenvalue weighted by Gasteiger charge is -2.18. The van der Waals surface area contributed by atoms with Crippen LogP contribution in [-0.4, -0.2) is 37.2 Å². The molecule has 0 saturated heterocycles. The summed E-state index contributed by atoms with van der Waals surface area (Å²) in [7, 11) is 0. The Labute approximate surface area is 418 Å². The molecule has 0 spiro atoms. The van der Waals surface area contributed by atoms with Gasteiger partial charge in [0.05, 0.1) is 0 Å². The molecule has 0 aromatic heterocycles. The molecule has 0 bridgehead atoms. The number of hydrogen-bond donors (Lipinski definition) is 0. The lowest BCUT2D eigenvalue weighted by atomic mass is 9.99. The van der Waals surface area contributed by atoms with Gasteiger partial charge in [-0.15, -0.1) is 0 Å². The van der Waals surface area contributed by atoms with Gasteiger partial charge < -0.3 is 14.2 Å². The van der Waals surface area contributed by atoms with Crippen LogP contribution in [0, 0.1) is 17.8 Å². The minimum absolute atomic E-state index is 0.0640. The van der Waals surface area contributed by atoms with E-state index in [2.05, 4.69) is 41.5 Å². The lowest BCUT2D eigenvalue weighted by Crippen LogP contribution is -2.30. The molecule has 0 aromatic rings. The monoisotopic (exact) mass is 947 g/mol. The van der Waals surface area contributed by atoms with E-state index < -0.39 is 6.10 Å². The molecule has 2 unspecified atom stereocenters. The predicted molar refractivity (Wildman–Crippen MR) is 289 cm³/mol. The van der Waals surface area contributed by atoms with Crippen LogP contribution in [0.2, 0.25) is 0 Å². The van der Waals surface area contributed by atoms with Crippen molar-refractivity contribution in [3.63, 3.8) is 0 Å². The molecule has 3 atom stereocenters. The van der Waals surface area contributed by atoms with Crippen LogP contribution in [0.4, 0.5) is 0 Å². The molecule has 67 heavy (non-hydrogen) atoms. The van der Waals surface area contributed by atoms with Gasteiger partial charge in [-0.05, 0) is 37.0 Å². The quantitative estimate of drug-likeness (QED) is 0.0343. The van der Waals surface area contributed by atoms with Crippen molar-refractivity contribution >= 4 is 17.9 Å². The van der Waals surface area contributed by atoms with Crippen molar-refractivity contribution < 1.29 is 28.6 Å². The number of ether oxygens (including phenoxy) is 3. The summed E-state index contributed by atoms with van der Waals surface area (Å²) in [6, 6.07) is 0. The van der Waals surface area contributed by atoms with Gasteiger partial charge >= 0.3 is 17.9 Å². The van der Waals surface area contributed by atoms with Crippen LogP contribution in [0.15, 0.2) is 0 Å². The van der Waals surface area contributed by atoms with Crippen molar-refractivity contribution in [2.75, 3.05) is 13.2 Å². The highest BCUT2D eigenvalue weighted by molar-refractivity contribution is 5.71. The Morgan fingerprint density at radius 2 is 0.522 bits per heavy atom. The van der Waals surface area contributed by atoms with E-state index in [1.165, 1.54) is 218 Å². The van der Waals surface area contributed by atoms with Crippen molar-refractivity contribution in [2.45, 2.75) is 343 Å². The lowest BCUT2D eigenvalue weighted by molar-refractivity contribution is -0.167. The van der Waals surface area contributed by atoms with E-state index in [0.29, 0.717) is 19.3 Å². The molecule has 0 heterocycles. The highest BCUT2D eigenvalue weighted by atomic mass is 16.6. The van der Waals surface area contributed by atoms with Crippen molar-refractivity contribution in [3.8, 4) is 0 Å². The van der Waals surface area contributed by atoms with E-state index in [1.807, 2.05) is 0 Å². The summed E-state index contributed by atoms with van der Waals surface area (Å²) in [4.78, 5) is 38.1. The van der Waals surface area contributed by atoms with Gasteiger partial charge in [-0.2, -0.15) is 0 Å². The van der Waals surface area contributed by atoms with E-state index in [0.717, 1.165) is 75.5 Å². The van der Waals surface area contributed by atoms with E-state index in [1.54, 1.807) is 0 Å². The van der Waals surface area contributed by atoms with Gasteiger partial charge in [0, 0.05) is 19.3 Å². The van der Waals surface area contributed by atoms with Crippen molar-refractivity contribution in [1.29, 1.82) is 0 Å². The fourth-order valence-corrected chi connectivity index (χ4v) is 9.29. The van der Waals surface area contributed by atoms with E-state index in [9.17, 15) is 14.4 Å². The standard InChI is InChI=1S/C61H118O6/c1-7-56(5)48-42-36-30-26-22-18-13-11-9-10-12-14-20-24-28-32-40-46-52-61(64)67-58(54-66-60(63)51-45-39-34-33-37-43-49-57(6)8-2)53-65-59(62)50-44-38-31-27-23-19-16-15-17-21-25-29-35-41-47-55(3)4/h55-58H,7-54H2,1-6H3/t56?,57?,58-/m1/s1. The number of hydrogen-bond acceptors (Lipinski definition) is 6. The molecule has 0 N–H and O–H groups in total. The van der Waals surface area contributed by atoms with Crippen LogP contribution in [0.3, 0.4) is 0 Å². The second-order valence-corrected chi connectivity index (χ2v) is 21.9. The number of unbranched alkanes of at least 4 members (excludes halogenated alkanes) is 35. The van der Waals surface area contributed by atoms with Gasteiger partial charge in [0.2, 0.25) is 0 Å². The molecule has 6 nitrogen and oxygen atoms in total. The fourth-order valence-electron chi connectivity index (χ4n) is 9.29. The first-order chi connectivity index (χ1) is 32.7. The second-order valence-electron chi connectivity index (χ2n) is 21.9. The highest BCUT2D eigenvalue weighted by Gasteiger charge is 2.19. The minimum atomic E-state index is -0.764. The van der Waals surface area contributed by atoms with Gasteiger partial charge in [-0.1, -0.05) is 298 Å². The first-order valence-electron chi connectivity index (χ1n) is 30.2. The SMILES string of the molecule is CCC(C)CCCCCCCCCCCCCCCCCCCCC(=O)O[C@H](COC(=O)CCCCCCCCCCCCCCCCC(C)C)COC(=O)CCCCCCCCC(C)CC. The van der Waals surface area contributed by atoms with E-state index in [4.69, 9.17) is 14.2 Å². The third kappa shape index (κ3) is 52.1. The van der Waals surface area contributed by atoms with Gasteiger partial charge in [0.1, 0.15) is 13.2 Å². The summed E-state index contributed by atoms with van der Waals surface area (Å²) in [5, 5.41) is 0.